The number of halogens is 1. The van der Waals surface area contributed by atoms with Gasteiger partial charge in [0.05, 0.1) is 21.8 Å². The molecule has 3 aromatic rings. The summed E-state index contributed by atoms with van der Waals surface area (Å²) in [6, 6.07) is 18.2. The molecule has 26 heavy (non-hydrogen) atoms. The molecule has 0 aliphatic rings. The molecular formula is C20H14ClNO4. The molecule has 0 radical (unpaired) electrons. The van der Waals surface area contributed by atoms with Gasteiger partial charge in [-0.25, -0.2) is 4.79 Å². The molecule has 0 unspecified atom stereocenters. The van der Waals surface area contributed by atoms with E-state index in [1.165, 1.54) is 24.3 Å². The van der Waals surface area contributed by atoms with E-state index >= 15 is 0 Å². The first-order chi connectivity index (χ1) is 12.5. The van der Waals surface area contributed by atoms with Crippen molar-refractivity contribution in [2.24, 2.45) is 0 Å². The van der Waals surface area contributed by atoms with Crippen LogP contribution in [0.3, 0.4) is 0 Å². The third-order valence-corrected chi connectivity index (χ3v) is 4.13. The molecule has 0 atom stereocenters. The molecule has 0 spiro atoms. The molecule has 5 nitrogen and oxygen atoms in total. The van der Waals surface area contributed by atoms with Gasteiger partial charge in [0.1, 0.15) is 5.75 Å². The average Bonchev–Trinajstić information content (AvgIpc) is 2.64. The minimum atomic E-state index is -1.11. The zero-order chi connectivity index (χ0) is 18.7. The van der Waals surface area contributed by atoms with Gasteiger partial charge in [-0.2, -0.15) is 0 Å². The van der Waals surface area contributed by atoms with E-state index in [9.17, 15) is 14.7 Å². The van der Waals surface area contributed by atoms with Crippen molar-refractivity contribution in [2.75, 3.05) is 5.32 Å². The third-order valence-electron chi connectivity index (χ3n) is 3.81. The van der Waals surface area contributed by atoms with Crippen LogP contribution in [-0.2, 0) is 0 Å². The summed E-state index contributed by atoms with van der Waals surface area (Å²) >= 11 is 6.03. The molecule has 0 fully saturated rings. The number of rotatable bonds is 4. The average molecular weight is 368 g/mol. The van der Waals surface area contributed by atoms with Crippen LogP contribution in [0.5, 0.6) is 5.75 Å². The molecule has 0 aliphatic heterocycles. The standard InChI is InChI=1S/C20H14ClNO4/c21-16-11-14(20(25)26)6-8-17(16)22-19(24)15-10-13(7-9-18(15)23)12-4-2-1-3-5-12/h1-11,23H,(H,22,24)(H,25,26). The van der Waals surface area contributed by atoms with Crippen molar-refractivity contribution in [3.8, 4) is 16.9 Å². The predicted octanol–water partition coefficient (Wildman–Crippen LogP) is 4.66. The zero-order valence-electron chi connectivity index (χ0n) is 13.4. The Morgan fingerprint density at radius 1 is 0.885 bits per heavy atom. The smallest absolute Gasteiger partial charge is 0.335 e. The highest BCUT2D eigenvalue weighted by Crippen LogP contribution is 2.28. The minimum Gasteiger partial charge on any atom is -0.507 e. The number of amides is 1. The number of nitrogens with one attached hydrogen (secondary N) is 1. The van der Waals surface area contributed by atoms with Gasteiger partial charge < -0.3 is 15.5 Å². The Balaban J connectivity index is 1.90. The Kier molecular flexibility index (Phi) is 4.91. The maximum Gasteiger partial charge on any atom is 0.335 e. The first kappa shape index (κ1) is 17.5. The monoisotopic (exact) mass is 367 g/mol. The first-order valence-corrected chi connectivity index (χ1v) is 8.06. The fourth-order valence-corrected chi connectivity index (χ4v) is 2.70. The van der Waals surface area contributed by atoms with Crippen LogP contribution in [-0.4, -0.2) is 22.1 Å². The van der Waals surface area contributed by atoms with Gasteiger partial charge in [-0.15, -0.1) is 0 Å². The summed E-state index contributed by atoms with van der Waals surface area (Å²) in [7, 11) is 0. The van der Waals surface area contributed by atoms with E-state index in [0.717, 1.165) is 11.1 Å². The molecule has 0 saturated heterocycles. The van der Waals surface area contributed by atoms with E-state index in [1.807, 2.05) is 30.3 Å². The van der Waals surface area contributed by atoms with Crippen molar-refractivity contribution in [3.05, 3.63) is 82.9 Å². The van der Waals surface area contributed by atoms with Gasteiger partial charge in [0, 0.05) is 0 Å². The van der Waals surface area contributed by atoms with E-state index in [-0.39, 0.29) is 27.6 Å². The Labute approximate surface area is 154 Å². The lowest BCUT2D eigenvalue weighted by Gasteiger charge is -2.11. The molecule has 0 saturated carbocycles. The van der Waals surface area contributed by atoms with Crippen LogP contribution < -0.4 is 5.32 Å². The number of carboxylic acids is 1. The van der Waals surface area contributed by atoms with Crippen molar-refractivity contribution in [1.82, 2.24) is 0 Å². The Hall–Kier alpha value is -3.31. The van der Waals surface area contributed by atoms with Crippen LogP contribution in [0, 0.1) is 0 Å². The summed E-state index contributed by atoms with van der Waals surface area (Å²) in [5.74, 6) is -1.83. The fourth-order valence-electron chi connectivity index (χ4n) is 2.47. The van der Waals surface area contributed by atoms with E-state index in [0.29, 0.717) is 0 Å². The van der Waals surface area contributed by atoms with Crippen molar-refractivity contribution in [2.45, 2.75) is 0 Å². The molecular weight excluding hydrogens is 354 g/mol. The van der Waals surface area contributed by atoms with Crippen LogP contribution in [0.4, 0.5) is 5.69 Å². The van der Waals surface area contributed by atoms with Crippen LogP contribution in [0.2, 0.25) is 5.02 Å². The van der Waals surface area contributed by atoms with Gasteiger partial charge in [-0.05, 0) is 41.5 Å². The fraction of sp³-hybridized carbons (Fsp3) is 0. The summed E-state index contributed by atoms with van der Waals surface area (Å²) in [5.41, 5.74) is 2.05. The summed E-state index contributed by atoms with van der Waals surface area (Å²) in [5, 5.41) is 21.7. The van der Waals surface area contributed by atoms with Gasteiger partial charge in [0.15, 0.2) is 0 Å². The largest absolute Gasteiger partial charge is 0.507 e. The quantitative estimate of drug-likeness (QED) is 0.625. The summed E-state index contributed by atoms with van der Waals surface area (Å²) < 4.78 is 0. The number of aromatic hydroxyl groups is 1. The first-order valence-electron chi connectivity index (χ1n) is 7.68. The number of anilines is 1. The molecule has 0 aliphatic carbocycles. The van der Waals surface area contributed by atoms with Crippen LogP contribution in [0.1, 0.15) is 20.7 Å². The van der Waals surface area contributed by atoms with Gasteiger partial charge in [0.2, 0.25) is 0 Å². The number of benzene rings is 3. The van der Waals surface area contributed by atoms with Crippen LogP contribution >= 0.6 is 11.6 Å². The van der Waals surface area contributed by atoms with Gasteiger partial charge in [-0.3, -0.25) is 4.79 Å². The van der Waals surface area contributed by atoms with Crippen molar-refractivity contribution in [1.29, 1.82) is 0 Å². The number of hydrogen-bond donors (Lipinski definition) is 3. The zero-order valence-corrected chi connectivity index (χ0v) is 14.2. The van der Waals surface area contributed by atoms with Gasteiger partial charge >= 0.3 is 5.97 Å². The number of carbonyl (C=O) groups is 2. The lowest BCUT2D eigenvalue weighted by Crippen LogP contribution is -2.13. The van der Waals surface area contributed by atoms with Crippen molar-refractivity contribution in [3.63, 3.8) is 0 Å². The molecule has 0 bridgehead atoms. The molecule has 3 N–H and O–H groups in total. The Morgan fingerprint density at radius 3 is 2.27 bits per heavy atom. The second-order valence-electron chi connectivity index (χ2n) is 5.55. The highest BCUT2D eigenvalue weighted by Gasteiger charge is 2.15. The molecule has 3 rings (SSSR count). The topological polar surface area (TPSA) is 86.6 Å². The Bertz CT molecular complexity index is 986. The lowest BCUT2D eigenvalue weighted by atomic mass is 10.0. The van der Waals surface area contributed by atoms with E-state index in [1.54, 1.807) is 12.1 Å². The van der Waals surface area contributed by atoms with E-state index < -0.39 is 11.9 Å². The van der Waals surface area contributed by atoms with Crippen LogP contribution in [0.25, 0.3) is 11.1 Å². The summed E-state index contributed by atoms with van der Waals surface area (Å²) in [6.07, 6.45) is 0. The molecule has 3 aromatic carbocycles. The van der Waals surface area contributed by atoms with Crippen molar-refractivity contribution < 1.29 is 19.8 Å². The highest BCUT2D eigenvalue weighted by molar-refractivity contribution is 6.34. The normalized spacial score (nSPS) is 10.3. The van der Waals surface area contributed by atoms with Crippen molar-refractivity contribution >= 4 is 29.2 Å². The second-order valence-corrected chi connectivity index (χ2v) is 5.96. The number of phenols is 1. The SMILES string of the molecule is O=C(O)c1ccc(NC(=O)c2cc(-c3ccccc3)ccc2O)c(Cl)c1. The number of carbonyl (C=O) groups excluding carboxylic acids is 1. The third kappa shape index (κ3) is 3.68. The molecule has 130 valence electrons. The molecule has 0 heterocycles. The second kappa shape index (κ2) is 7.29. The molecule has 0 aromatic heterocycles. The van der Waals surface area contributed by atoms with Gasteiger partial charge in [-0.1, -0.05) is 48.0 Å². The predicted molar refractivity (Wildman–Crippen MR) is 99.9 cm³/mol. The Morgan fingerprint density at radius 2 is 1.62 bits per heavy atom. The summed E-state index contributed by atoms with van der Waals surface area (Å²) in [6.45, 7) is 0. The molecule has 1 amide bonds. The number of carboxylic acid groups (broad SMARTS) is 1. The number of hydrogen-bond acceptors (Lipinski definition) is 3. The van der Waals surface area contributed by atoms with E-state index in [2.05, 4.69) is 5.32 Å². The maximum absolute atomic E-state index is 12.5. The lowest BCUT2D eigenvalue weighted by molar-refractivity contribution is 0.0696. The molecule has 6 heteroatoms. The number of phenolic OH excluding ortho intramolecular Hbond substituents is 1. The maximum atomic E-state index is 12.5. The van der Waals surface area contributed by atoms with Crippen LogP contribution in [0.15, 0.2) is 66.7 Å². The van der Waals surface area contributed by atoms with Gasteiger partial charge in [0.25, 0.3) is 5.91 Å². The number of aromatic carboxylic acids is 1. The minimum absolute atomic E-state index is 0.0157. The van der Waals surface area contributed by atoms with E-state index in [4.69, 9.17) is 16.7 Å². The highest BCUT2D eigenvalue weighted by atomic mass is 35.5. The summed E-state index contributed by atoms with van der Waals surface area (Å²) in [4.78, 5) is 23.5.